The molecule has 1 aromatic rings. The predicted molar refractivity (Wildman–Crippen MR) is 91.4 cm³/mol. The average Bonchev–Trinajstić information content (AvgIpc) is 2.35. The lowest BCUT2D eigenvalue weighted by Crippen LogP contribution is -2.54. The van der Waals surface area contributed by atoms with E-state index in [1.54, 1.807) is 5.19 Å². The Kier molecular flexibility index (Phi) is 4.72. The Morgan fingerprint density at radius 2 is 1.50 bits per heavy atom. The van der Waals surface area contributed by atoms with Crippen molar-refractivity contribution in [2.75, 3.05) is 20.1 Å². The van der Waals surface area contributed by atoms with E-state index in [-0.39, 0.29) is 0 Å². The van der Waals surface area contributed by atoms with Gasteiger partial charge in [-0.1, -0.05) is 49.1 Å². The maximum atomic E-state index is 2.60. The van der Waals surface area contributed by atoms with E-state index in [0.717, 1.165) is 6.54 Å². The second kappa shape index (κ2) is 6.00. The molecule has 2 rings (SSSR count). The minimum Gasteiger partial charge on any atom is -0.298 e. The fraction of sp³-hybridized carbons (Fsp3) is 0.647. The van der Waals surface area contributed by atoms with Crippen molar-refractivity contribution in [3.63, 3.8) is 0 Å². The third-order valence-electron chi connectivity index (χ3n) is 4.66. The van der Waals surface area contributed by atoms with Crippen LogP contribution in [0.1, 0.15) is 19.4 Å². The van der Waals surface area contributed by atoms with Crippen molar-refractivity contribution < 1.29 is 0 Å². The lowest BCUT2D eigenvalue weighted by molar-refractivity contribution is 0.0556. The average molecular weight is 291 g/mol. The van der Waals surface area contributed by atoms with E-state index in [1.807, 2.05) is 0 Å². The highest BCUT2D eigenvalue weighted by molar-refractivity contribution is 6.88. The standard InChI is InChI=1S/C17H30N2Si/c1-14-11-19(12-15(2)18(14)3)13-16-7-9-17(10-8-16)20(4,5)6/h7-10,14-15H,11-13H2,1-6H3. The van der Waals surface area contributed by atoms with Crippen LogP contribution in [0, 0.1) is 0 Å². The molecule has 1 aliphatic rings. The van der Waals surface area contributed by atoms with Gasteiger partial charge in [0.2, 0.25) is 0 Å². The van der Waals surface area contributed by atoms with Crippen LogP contribution in [-0.2, 0) is 6.54 Å². The molecule has 2 nitrogen and oxygen atoms in total. The second-order valence-electron chi connectivity index (χ2n) is 7.50. The summed E-state index contributed by atoms with van der Waals surface area (Å²) < 4.78 is 0. The molecule has 0 saturated carbocycles. The molecule has 112 valence electrons. The maximum absolute atomic E-state index is 2.60. The van der Waals surface area contributed by atoms with E-state index in [1.165, 1.54) is 18.7 Å². The van der Waals surface area contributed by atoms with E-state index >= 15 is 0 Å². The van der Waals surface area contributed by atoms with Gasteiger partial charge in [-0.25, -0.2) is 0 Å². The third kappa shape index (κ3) is 3.71. The summed E-state index contributed by atoms with van der Waals surface area (Å²) in [6.07, 6.45) is 0. The molecule has 0 aliphatic carbocycles. The van der Waals surface area contributed by atoms with Crippen molar-refractivity contribution in [3.8, 4) is 0 Å². The third-order valence-corrected chi connectivity index (χ3v) is 6.73. The van der Waals surface area contributed by atoms with Gasteiger partial charge < -0.3 is 0 Å². The summed E-state index contributed by atoms with van der Waals surface area (Å²) in [7, 11) is 1.09. The van der Waals surface area contributed by atoms with Gasteiger partial charge in [0.1, 0.15) is 0 Å². The molecule has 0 bridgehead atoms. The number of likely N-dealkylation sites (N-methyl/N-ethyl adjacent to an activating group) is 1. The molecule has 2 unspecified atom stereocenters. The van der Waals surface area contributed by atoms with Gasteiger partial charge in [0.25, 0.3) is 0 Å². The summed E-state index contributed by atoms with van der Waals surface area (Å²) in [6.45, 7) is 15.3. The van der Waals surface area contributed by atoms with Gasteiger partial charge in [-0.05, 0) is 26.5 Å². The molecule has 1 aliphatic heterocycles. The molecule has 2 atom stereocenters. The molecule has 1 heterocycles. The van der Waals surface area contributed by atoms with Gasteiger partial charge in [0.05, 0.1) is 8.07 Å². The van der Waals surface area contributed by atoms with Crippen LogP contribution in [0.5, 0.6) is 0 Å². The van der Waals surface area contributed by atoms with Crippen molar-refractivity contribution >= 4 is 13.3 Å². The summed E-state index contributed by atoms with van der Waals surface area (Å²) in [6, 6.07) is 10.7. The van der Waals surface area contributed by atoms with Crippen molar-refractivity contribution in [1.29, 1.82) is 0 Å². The molecule has 1 fully saturated rings. The van der Waals surface area contributed by atoms with Gasteiger partial charge in [-0.3, -0.25) is 9.80 Å². The summed E-state index contributed by atoms with van der Waals surface area (Å²) in [4.78, 5) is 5.09. The monoisotopic (exact) mass is 290 g/mol. The fourth-order valence-corrected chi connectivity index (χ4v) is 4.18. The van der Waals surface area contributed by atoms with Crippen molar-refractivity contribution in [2.45, 2.75) is 52.1 Å². The van der Waals surface area contributed by atoms with E-state index < -0.39 is 8.07 Å². The minimum absolute atomic E-state index is 0.653. The topological polar surface area (TPSA) is 6.48 Å². The van der Waals surface area contributed by atoms with Gasteiger partial charge >= 0.3 is 0 Å². The molecule has 3 heteroatoms. The Labute approximate surface area is 125 Å². The molecule has 0 aromatic heterocycles. The molecular formula is C17H30N2Si. The van der Waals surface area contributed by atoms with Crippen LogP contribution in [0.4, 0.5) is 0 Å². The van der Waals surface area contributed by atoms with Crippen LogP contribution in [-0.4, -0.2) is 50.1 Å². The lowest BCUT2D eigenvalue weighted by atomic mass is 10.1. The molecule has 0 amide bonds. The van der Waals surface area contributed by atoms with Crippen LogP contribution in [0.3, 0.4) is 0 Å². The van der Waals surface area contributed by atoms with Crippen LogP contribution in [0.15, 0.2) is 24.3 Å². The number of hydrogen-bond acceptors (Lipinski definition) is 2. The Hall–Kier alpha value is -0.643. The van der Waals surface area contributed by atoms with E-state index in [0.29, 0.717) is 12.1 Å². The van der Waals surface area contributed by atoms with Crippen LogP contribution in [0.2, 0.25) is 19.6 Å². The highest BCUT2D eigenvalue weighted by atomic mass is 28.3. The van der Waals surface area contributed by atoms with E-state index in [9.17, 15) is 0 Å². The largest absolute Gasteiger partial charge is 0.298 e. The van der Waals surface area contributed by atoms with E-state index in [2.05, 4.69) is 74.6 Å². The number of rotatable bonds is 3. The molecule has 1 aromatic carbocycles. The Morgan fingerprint density at radius 1 is 1.00 bits per heavy atom. The van der Waals surface area contributed by atoms with Crippen LogP contribution < -0.4 is 5.19 Å². The first-order valence-electron chi connectivity index (χ1n) is 7.81. The lowest BCUT2D eigenvalue weighted by Gasteiger charge is -2.42. The summed E-state index contributed by atoms with van der Waals surface area (Å²) >= 11 is 0. The first kappa shape index (κ1) is 15.7. The zero-order valence-corrected chi connectivity index (χ0v) is 15.0. The fourth-order valence-electron chi connectivity index (χ4n) is 3.01. The summed E-state index contributed by atoms with van der Waals surface area (Å²) in [5, 5.41) is 1.56. The highest BCUT2D eigenvalue weighted by Crippen LogP contribution is 2.16. The normalized spacial score (nSPS) is 25.9. The zero-order chi connectivity index (χ0) is 14.9. The molecular weight excluding hydrogens is 260 g/mol. The van der Waals surface area contributed by atoms with E-state index in [4.69, 9.17) is 0 Å². The Bertz CT molecular complexity index is 423. The smallest absolute Gasteiger partial charge is 0.0775 e. The van der Waals surface area contributed by atoms with Gasteiger partial charge in [0, 0.05) is 31.7 Å². The highest BCUT2D eigenvalue weighted by Gasteiger charge is 2.26. The SMILES string of the molecule is CC1CN(Cc2ccc([Si](C)(C)C)cc2)CC(C)N1C. The summed E-state index contributed by atoms with van der Waals surface area (Å²) in [5.74, 6) is 0. The Balaban J connectivity index is 2.00. The number of piperazine rings is 1. The molecule has 0 spiro atoms. The second-order valence-corrected chi connectivity index (χ2v) is 12.6. The van der Waals surface area contributed by atoms with Crippen molar-refractivity contribution in [1.82, 2.24) is 9.80 Å². The van der Waals surface area contributed by atoms with Crippen LogP contribution >= 0.6 is 0 Å². The van der Waals surface area contributed by atoms with Gasteiger partial charge in [-0.2, -0.15) is 0 Å². The van der Waals surface area contributed by atoms with Crippen molar-refractivity contribution in [3.05, 3.63) is 29.8 Å². The molecule has 1 saturated heterocycles. The summed E-state index contributed by atoms with van der Waals surface area (Å²) in [5.41, 5.74) is 1.45. The first-order valence-corrected chi connectivity index (χ1v) is 11.3. The zero-order valence-electron chi connectivity index (χ0n) is 14.0. The molecule has 0 N–H and O–H groups in total. The first-order chi connectivity index (χ1) is 9.27. The molecule has 20 heavy (non-hydrogen) atoms. The van der Waals surface area contributed by atoms with Crippen molar-refractivity contribution in [2.24, 2.45) is 0 Å². The quantitative estimate of drug-likeness (QED) is 0.790. The number of nitrogens with zero attached hydrogens (tertiary/aromatic N) is 2. The van der Waals surface area contributed by atoms with Crippen LogP contribution in [0.25, 0.3) is 0 Å². The number of benzene rings is 1. The maximum Gasteiger partial charge on any atom is 0.0775 e. The molecule has 0 radical (unpaired) electrons. The predicted octanol–water partition coefficient (Wildman–Crippen LogP) is 2.76. The Morgan fingerprint density at radius 3 is 1.95 bits per heavy atom. The minimum atomic E-state index is -1.16. The van der Waals surface area contributed by atoms with Gasteiger partial charge in [0.15, 0.2) is 0 Å². The number of hydrogen-bond donors (Lipinski definition) is 0. The van der Waals surface area contributed by atoms with Gasteiger partial charge in [-0.15, -0.1) is 0 Å².